The van der Waals surface area contributed by atoms with E-state index in [9.17, 15) is 0 Å². The molecule has 2 aliphatic heterocycles. The average Bonchev–Trinajstić information content (AvgIpc) is 3.69. The zero-order valence-electron chi connectivity index (χ0n) is 29.8. The molecule has 0 atom stereocenters. The fourth-order valence-electron chi connectivity index (χ4n) is 9.62. The molecule has 54 heavy (non-hydrogen) atoms. The van der Waals surface area contributed by atoms with Crippen molar-refractivity contribution in [2.45, 2.75) is 38.5 Å². The topological polar surface area (TPSA) is 32.8 Å². The Bertz CT molecular complexity index is 3040. The van der Waals surface area contributed by atoms with Gasteiger partial charge in [0.1, 0.15) is 11.2 Å². The molecule has 0 bridgehead atoms. The summed E-state index contributed by atoms with van der Waals surface area (Å²) < 4.78 is 14.0. The quantitative estimate of drug-likeness (QED) is 0.180. The summed E-state index contributed by atoms with van der Waals surface area (Å²) in [6, 6.07) is 48.7. The fourth-order valence-corrected chi connectivity index (χ4v) is 9.62. The molecule has 2 aromatic heterocycles. The molecule has 0 spiro atoms. The Labute approximate surface area is 312 Å². The van der Waals surface area contributed by atoms with Gasteiger partial charge in [-0.3, -0.25) is 0 Å². The van der Waals surface area contributed by atoms with E-state index in [2.05, 4.69) is 155 Å². The van der Waals surface area contributed by atoms with E-state index in [0.717, 1.165) is 93.8 Å². The van der Waals surface area contributed by atoms with E-state index in [1.165, 1.54) is 55.8 Å². The maximum Gasteiger partial charge on any atom is 0.179 e. The van der Waals surface area contributed by atoms with Gasteiger partial charge in [-0.25, -0.2) is 0 Å². The molecule has 4 heteroatoms. The molecule has 3 aliphatic rings. The van der Waals surface area contributed by atoms with Crippen LogP contribution in [-0.4, -0.2) is 0 Å². The number of allylic oxidation sites excluding steroid dienone is 4. The number of nitrogens with zero attached hydrogens (tertiary/aromatic N) is 2. The Kier molecular flexibility index (Phi) is 6.38. The van der Waals surface area contributed by atoms with Crippen molar-refractivity contribution in [2.24, 2.45) is 0 Å². The van der Waals surface area contributed by atoms with Gasteiger partial charge in [0.25, 0.3) is 0 Å². The van der Waals surface area contributed by atoms with Gasteiger partial charge in [0.15, 0.2) is 11.2 Å². The maximum atomic E-state index is 6.99. The number of aryl methyl sites for hydroxylation is 3. The van der Waals surface area contributed by atoms with Crippen molar-refractivity contribution in [1.82, 2.24) is 0 Å². The minimum absolute atomic E-state index is 0.799. The van der Waals surface area contributed by atoms with E-state index >= 15 is 0 Å². The van der Waals surface area contributed by atoms with Crippen LogP contribution in [0.5, 0.6) is 0 Å². The summed E-state index contributed by atoms with van der Waals surface area (Å²) in [4.78, 5) is 4.90. The van der Waals surface area contributed by atoms with E-state index < -0.39 is 0 Å². The number of hydrogen-bond donors (Lipinski definition) is 0. The predicted octanol–water partition coefficient (Wildman–Crippen LogP) is 13.9. The van der Waals surface area contributed by atoms with E-state index in [4.69, 9.17) is 8.83 Å². The van der Waals surface area contributed by atoms with Gasteiger partial charge >= 0.3 is 0 Å². The van der Waals surface area contributed by atoms with Crippen molar-refractivity contribution in [3.63, 3.8) is 0 Å². The van der Waals surface area contributed by atoms with Gasteiger partial charge in [-0.05, 0) is 114 Å². The highest BCUT2D eigenvalue weighted by Crippen LogP contribution is 2.49. The van der Waals surface area contributed by atoms with Gasteiger partial charge in [0.05, 0.1) is 0 Å². The van der Waals surface area contributed by atoms with Gasteiger partial charge in [-0.15, -0.1) is 0 Å². The Balaban J connectivity index is 1.08. The summed E-state index contributed by atoms with van der Waals surface area (Å²) in [6.07, 6.45) is 10.9. The van der Waals surface area contributed by atoms with Crippen molar-refractivity contribution >= 4 is 83.1 Å². The first-order chi connectivity index (χ1) is 26.8. The molecule has 1 aliphatic carbocycles. The number of anilines is 5. The normalized spacial score (nSPS) is 15.5. The van der Waals surface area contributed by atoms with Crippen LogP contribution in [-0.2, 0) is 19.3 Å². The van der Waals surface area contributed by atoms with Crippen molar-refractivity contribution in [2.75, 3.05) is 9.80 Å². The largest absolute Gasteiger partial charge is 0.452 e. The Morgan fingerprint density at radius 1 is 0.426 bits per heavy atom. The highest BCUT2D eigenvalue weighted by atomic mass is 16.4. The zero-order valence-corrected chi connectivity index (χ0v) is 29.8. The lowest BCUT2D eigenvalue weighted by Gasteiger charge is -2.30. The Morgan fingerprint density at radius 2 is 0.907 bits per heavy atom. The molecule has 4 heterocycles. The third kappa shape index (κ3) is 4.31. The summed E-state index contributed by atoms with van der Waals surface area (Å²) in [5, 5.41) is 6.75. The number of hydrogen-bond acceptors (Lipinski definition) is 4. The summed E-state index contributed by atoms with van der Waals surface area (Å²) >= 11 is 0. The molecular formula is C50H36N2O2. The molecule has 0 unspecified atom stereocenters. The van der Waals surface area contributed by atoms with Crippen LogP contribution in [0.4, 0.5) is 28.4 Å². The summed E-state index contributed by atoms with van der Waals surface area (Å²) in [6.45, 7) is 0. The average molecular weight is 697 g/mol. The van der Waals surface area contributed by atoms with Crippen LogP contribution in [0.2, 0.25) is 0 Å². The molecule has 0 N–H and O–H groups in total. The molecule has 7 aromatic carbocycles. The summed E-state index contributed by atoms with van der Waals surface area (Å²) in [5.41, 5.74) is 16.2. The van der Waals surface area contributed by atoms with Crippen LogP contribution < -0.4 is 9.80 Å². The second-order valence-corrected chi connectivity index (χ2v) is 15.0. The van der Waals surface area contributed by atoms with Gasteiger partial charge < -0.3 is 18.6 Å². The monoisotopic (exact) mass is 696 g/mol. The first-order valence-electron chi connectivity index (χ1n) is 19.2. The summed E-state index contributed by atoms with van der Waals surface area (Å²) in [5.74, 6) is 0. The molecule has 0 amide bonds. The van der Waals surface area contributed by atoms with Gasteiger partial charge in [0.2, 0.25) is 0 Å². The molecule has 0 saturated carbocycles. The standard InChI is InChI=1S/C50H36N2O2/c1-7-17-41-31(11-1)21-22-32-12-2-8-18-42(32)51(41)35-25-27-39-45(29-35)53-49-47(39)37-15-5-6-16-38(37)48-40-28-26-36(30-46(40)54-50(48)49)52-43-19-9-3-13-33(43)23-24-34-14-4-10-20-44(34)52/h1-9,11-19,25-30H,10,20-24H2. The molecule has 258 valence electrons. The molecule has 9 aromatic rings. The number of para-hydroxylation sites is 3. The number of furan rings is 2. The van der Waals surface area contributed by atoms with Crippen molar-refractivity contribution in [3.8, 4) is 0 Å². The Hall–Kier alpha value is -6.52. The predicted molar refractivity (Wildman–Crippen MR) is 223 cm³/mol. The molecule has 0 saturated heterocycles. The van der Waals surface area contributed by atoms with Crippen LogP contribution in [0.1, 0.15) is 36.0 Å². The van der Waals surface area contributed by atoms with Crippen molar-refractivity contribution in [1.29, 1.82) is 0 Å². The van der Waals surface area contributed by atoms with Crippen molar-refractivity contribution < 1.29 is 8.83 Å². The van der Waals surface area contributed by atoms with E-state index in [0.29, 0.717) is 0 Å². The van der Waals surface area contributed by atoms with Gasteiger partial charge in [0, 0.05) is 67.8 Å². The van der Waals surface area contributed by atoms with Crippen LogP contribution in [0.3, 0.4) is 0 Å². The fraction of sp³-hybridized carbons (Fsp3) is 0.120. The van der Waals surface area contributed by atoms with E-state index in [1.54, 1.807) is 0 Å². The number of fused-ring (bicyclic) bond motifs is 13. The highest BCUT2D eigenvalue weighted by molar-refractivity contribution is 6.33. The van der Waals surface area contributed by atoms with Gasteiger partial charge in [-0.2, -0.15) is 0 Å². The zero-order chi connectivity index (χ0) is 35.3. The second kappa shape index (κ2) is 11.5. The van der Waals surface area contributed by atoms with Crippen LogP contribution >= 0.6 is 0 Å². The maximum absolute atomic E-state index is 6.99. The number of benzene rings is 7. The molecule has 4 nitrogen and oxygen atoms in total. The first kappa shape index (κ1) is 30.0. The van der Waals surface area contributed by atoms with Crippen LogP contribution in [0, 0.1) is 0 Å². The molecular weight excluding hydrogens is 661 g/mol. The Morgan fingerprint density at radius 3 is 1.48 bits per heavy atom. The highest BCUT2D eigenvalue weighted by Gasteiger charge is 2.28. The molecule has 12 rings (SSSR count). The van der Waals surface area contributed by atoms with E-state index in [-0.39, 0.29) is 0 Å². The van der Waals surface area contributed by atoms with E-state index in [1.807, 2.05) is 0 Å². The van der Waals surface area contributed by atoms with Gasteiger partial charge in [-0.1, -0.05) is 91.0 Å². The lowest BCUT2D eigenvalue weighted by molar-refractivity contribution is 0.633. The van der Waals surface area contributed by atoms with Crippen LogP contribution in [0.25, 0.3) is 54.6 Å². The minimum Gasteiger partial charge on any atom is -0.452 e. The van der Waals surface area contributed by atoms with Crippen LogP contribution in [0.15, 0.2) is 166 Å². The SMILES string of the molecule is C1=CC2=C(CC1)N(c1ccc3c(c1)oc1c4oc5cc(N6c7ccccc7CCc7ccccc76)ccc5c4c4ccccc4c31)c1ccccc1CC2. The third-order valence-electron chi connectivity index (χ3n) is 12.1. The molecule has 0 fully saturated rings. The number of rotatable bonds is 2. The summed E-state index contributed by atoms with van der Waals surface area (Å²) in [7, 11) is 0. The van der Waals surface area contributed by atoms with Crippen molar-refractivity contribution in [3.05, 3.63) is 174 Å². The lowest BCUT2D eigenvalue weighted by atomic mass is 9.98. The smallest absolute Gasteiger partial charge is 0.179 e. The molecule has 0 radical (unpaired) electrons. The minimum atomic E-state index is 0.799. The first-order valence-corrected chi connectivity index (χ1v) is 19.2. The second-order valence-electron chi connectivity index (χ2n) is 15.0. The lowest BCUT2D eigenvalue weighted by Crippen LogP contribution is -2.18. The third-order valence-corrected chi connectivity index (χ3v) is 12.1.